The van der Waals surface area contributed by atoms with Crippen molar-refractivity contribution < 1.29 is 9.53 Å². The lowest BCUT2D eigenvalue weighted by Crippen LogP contribution is -2.32. The number of nitrogens with two attached hydrogens (primary N) is 1. The van der Waals surface area contributed by atoms with E-state index in [0.717, 1.165) is 16.9 Å². The third-order valence-electron chi connectivity index (χ3n) is 4.02. The van der Waals surface area contributed by atoms with Crippen LogP contribution in [0.5, 0.6) is 5.75 Å². The lowest BCUT2D eigenvalue weighted by Gasteiger charge is -2.12. The number of ketones is 1. The zero-order chi connectivity index (χ0) is 17.5. The van der Waals surface area contributed by atoms with Crippen LogP contribution in [0, 0.1) is 0 Å². The zero-order valence-corrected chi connectivity index (χ0v) is 14.0. The van der Waals surface area contributed by atoms with Gasteiger partial charge in [0.05, 0.1) is 6.04 Å². The molecule has 0 radical (unpaired) electrons. The molecule has 126 valence electrons. The van der Waals surface area contributed by atoms with Crippen LogP contribution in [-0.2, 0) is 13.0 Å². The molecule has 0 aromatic heterocycles. The molecule has 0 saturated heterocycles. The Balaban J connectivity index is 1.58. The molecule has 25 heavy (non-hydrogen) atoms. The predicted octanol–water partition coefficient (Wildman–Crippen LogP) is 4.02. The maximum Gasteiger partial charge on any atom is 0.179 e. The molecule has 3 aromatic carbocycles. The van der Waals surface area contributed by atoms with Gasteiger partial charge in [-0.05, 0) is 41.8 Å². The van der Waals surface area contributed by atoms with Gasteiger partial charge in [0, 0.05) is 5.56 Å². The quantitative estimate of drug-likeness (QED) is 0.665. The Morgan fingerprint density at radius 1 is 0.800 bits per heavy atom. The van der Waals surface area contributed by atoms with Gasteiger partial charge >= 0.3 is 0 Å². The van der Waals surface area contributed by atoms with E-state index in [1.807, 2.05) is 72.8 Å². The van der Waals surface area contributed by atoms with E-state index in [1.165, 1.54) is 0 Å². The van der Waals surface area contributed by atoms with Crippen molar-refractivity contribution in [1.82, 2.24) is 0 Å². The average molecular weight is 331 g/mol. The van der Waals surface area contributed by atoms with Crippen LogP contribution in [0.4, 0.5) is 0 Å². The number of carbonyl (C=O) groups excluding carboxylic acids is 1. The molecule has 3 aromatic rings. The van der Waals surface area contributed by atoms with Crippen LogP contribution in [0.1, 0.15) is 21.5 Å². The Bertz CT molecular complexity index is 798. The van der Waals surface area contributed by atoms with Crippen molar-refractivity contribution in [3.8, 4) is 5.75 Å². The number of ether oxygens (including phenoxy) is 1. The topological polar surface area (TPSA) is 52.3 Å². The normalized spacial score (nSPS) is 11.7. The van der Waals surface area contributed by atoms with Crippen molar-refractivity contribution >= 4 is 5.78 Å². The summed E-state index contributed by atoms with van der Waals surface area (Å²) in [5.41, 5.74) is 8.85. The van der Waals surface area contributed by atoms with Gasteiger partial charge in [0.1, 0.15) is 12.4 Å². The Labute approximate surface area is 148 Å². The Morgan fingerprint density at radius 3 is 1.96 bits per heavy atom. The first-order valence-corrected chi connectivity index (χ1v) is 8.33. The van der Waals surface area contributed by atoms with Crippen molar-refractivity contribution in [3.63, 3.8) is 0 Å². The molecular weight excluding hydrogens is 310 g/mol. The molecule has 0 spiro atoms. The smallest absolute Gasteiger partial charge is 0.179 e. The Hall–Kier alpha value is -2.91. The highest BCUT2D eigenvalue weighted by Gasteiger charge is 2.16. The number of hydrogen-bond donors (Lipinski definition) is 1. The predicted molar refractivity (Wildman–Crippen MR) is 99.7 cm³/mol. The lowest BCUT2D eigenvalue weighted by molar-refractivity contribution is 0.0961. The zero-order valence-electron chi connectivity index (χ0n) is 14.0. The van der Waals surface area contributed by atoms with Gasteiger partial charge in [-0.1, -0.05) is 60.7 Å². The first-order valence-electron chi connectivity index (χ1n) is 8.33. The maximum atomic E-state index is 12.5. The summed E-state index contributed by atoms with van der Waals surface area (Å²) in [6.07, 6.45) is 0.534. The van der Waals surface area contributed by atoms with Gasteiger partial charge < -0.3 is 10.5 Å². The van der Waals surface area contributed by atoms with Gasteiger partial charge in [-0.15, -0.1) is 0 Å². The molecule has 0 aliphatic heterocycles. The number of benzene rings is 3. The van der Waals surface area contributed by atoms with E-state index in [2.05, 4.69) is 0 Å². The van der Waals surface area contributed by atoms with Gasteiger partial charge in [0.2, 0.25) is 0 Å². The van der Waals surface area contributed by atoms with Gasteiger partial charge in [0.15, 0.2) is 5.78 Å². The van der Waals surface area contributed by atoms with E-state index in [9.17, 15) is 4.79 Å². The number of Topliss-reactive ketones (excluding diaryl/α,β-unsaturated/α-hetero) is 1. The van der Waals surface area contributed by atoms with Gasteiger partial charge in [0.25, 0.3) is 0 Å². The molecule has 0 aliphatic carbocycles. The standard InChI is InChI=1S/C22H21NO2/c23-21(15-17-7-3-1-4-8-17)22(24)19-11-13-20(14-12-19)25-16-18-9-5-2-6-10-18/h1-14,21H,15-16,23H2/t21-/m0/s1. The fourth-order valence-electron chi connectivity index (χ4n) is 2.63. The van der Waals surface area contributed by atoms with E-state index in [1.54, 1.807) is 12.1 Å². The van der Waals surface area contributed by atoms with Gasteiger partial charge in [-0.3, -0.25) is 4.79 Å². The van der Waals surface area contributed by atoms with Crippen LogP contribution in [-0.4, -0.2) is 11.8 Å². The van der Waals surface area contributed by atoms with E-state index < -0.39 is 6.04 Å². The summed E-state index contributed by atoms with van der Waals surface area (Å²) < 4.78 is 5.74. The van der Waals surface area contributed by atoms with E-state index >= 15 is 0 Å². The molecule has 3 rings (SSSR count). The molecule has 2 N–H and O–H groups in total. The highest BCUT2D eigenvalue weighted by Crippen LogP contribution is 2.16. The van der Waals surface area contributed by atoms with Gasteiger partial charge in [-0.25, -0.2) is 0 Å². The molecule has 0 saturated carbocycles. The first kappa shape index (κ1) is 16.9. The molecule has 0 unspecified atom stereocenters. The van der Waals surface area contributed by atoms with Crippen LogP contribution in [0.2, 0.25) is 0 Å². The second kappa shape index (κ2) is 8.27. The highest BCUT2D eigenvalue weighted by atomic mass is 16.5. The Morgan fingerprint density at radius 2 is 1.36 bits per heavy atom. The fraction of sp³-hybridized carbons (Fsp3) is 0.136. The molecule has 0 heterocycles. The molecule has 1 atom stereocenters. The van der Waals surface area contributed by atoms with Crippen molar-refractivity contribution in [2.24, 2.45) is 5.73 Å². The van der Waals surface area contributed by atoms with Crippen molar-refractivity contribution in [1.29, 1.82) is 0 Å². The minimum Gasteiger partial charge on any atom is -0.489 e. The maximum absolute atomic E-state index is 12.5. The van der Waals surface area contributed by atoms with Crippen LogP contribution < -0.4 is 10.5 Å². The summed E-state index contributed by atoms with van der Waals surface area (Å²) in [4.78, 5) is 12.5. The van der Waals surface area contributed by atoms with Crippen LogP contribution in [0.15, 0.2) is 84.9 Å². The summed E-state index contributed by atoms with van der Waals surface area (Å²) in [5.74, 6) is 0.676. The van der Waals surface area contributed by atoms with E-state index in [0.29, 0.717) is 18.6 Å². The lowest BCUT2D eigenvalue weighted by atomic mass is 9.98. The molecule has 0 fully saturated rings. The molecular formula is C22H21NO2. The number of rotatable bonds is 7. The minimum atomic E-state index is -0.543. The summed E-state index contributed by atoms with van der Waals surface area (Å²) >= 11 is 0. The van der Waals surface area contributed by atoms with Crippen LogP contribution in [0.3, 0.4) is 0 Å². The number of hydrogen-bond acceptors (Lipinski definition) is 3. The highest BCUT2D eigenvalue weighted by molar-refractivity contribution is 6.00. The molecule has 3 heteroatoms. The van der Waals surface area contributed by atoms with Crippen LogP contribution in [0.25, 0.3) is 0 Å². The summed E-state index contributed by atoms with van der Waals surface area (Å²) in [5, 5.41) is 0. The molecule has 0 amide bonds. The van der Waals surface area contributed by atoms with E-state index in [4.69, 9.17) is 10.5 Å². The summed E-state index contributed by atoms with van der Waals surface area (Å²) in [6, 6.07) is 26.4. The average Bonchev–Trinajstić information content (AvgIpc) is 2.68. The van der Waals surface area contributed by atoms with E-state index in [-0.39, 0.29) is 5.78 Å². The summed E-state index contributed by atoms with van der Waals surface area (Å²) in [7, 11) is 0. The molecule has 3 nitrogen and oxygen atoms in total. The largest absolute Gasteiger partial charge is 0.489 e. The first-order chi connectivity index (χ1) is 12.2. The molecule has 0 aliphatic rings. The second-order valence-electron chi connectivity index (χ2n) is 5.96. The molecule has 0 bridgehead atoms. The number of carbonyl (C=O) groups is 1. The third kappa shape index (κ3) is 4.78. The van der Waals surface area contributed by atoms with Crippen molar-refractivity contribution in [3.05, 3.63) is 102 Å². The van der Waals surface area contributed by atoms with Crippen molar-refractivity contribution in [2.75, 3.05) is 0 Å². The minimum absolute atomic E-state index is 0.0570. The SMILES string of the molecule is N[C@@H](Cc1ccccc1)C(=O)c1ccc(OCc2ccccc2)cc1. The fourth-order valence-corrected chi connectivity index (χ4v) is 2.63. The van der Waals surface area contributed by atoms with Gasteiger partial charge in [-0.2, -0.15) is 0 Å². The Kier molecular flexibility index (Phi) is 5.60. The third-order valence-corrected chi connectivity index (χ3v) is 4.02. The van der Waals surface area contributed by atoms with Crippen LogP contribution >= 0.6 is 0 Å². The summed E-state index contributed by atoms with van der Waals surface area (Å²) in [6.45, 7) is 0.502. The van der Waals surface area contributed by atoms with Crippen molar-refractivity contribution in [2.45, 2.75) is 19.1 Å². The monoisotopic (exact) mass is 331 g/mol. The second-order valence-corrected chi connectivity index (χ2v) is 5.96.